The van der Waals surface area contributed by atoms with Crippen LogP contribution in [0.25, 0.3) is 0 Å². The Kier molecular flexibility index (Phi) is 2.58. The van der Waals surface area contributed by atoms with Crippen molar-refractivity contribution >= 4 is 15.9 Å². The van der Waals surface area contributed by atoms with E-state index in [4.69, 9.17) is 4.74 Å². The van der Waals surface area contributed by atoms with Crippen LogP contribution in [0.4, 0.5) is 0 Å². The smallest absolute Gasteiger partial charge is 0.134 e. The Balaban J connectivity index is 2.19. The highest BCUT2D eigenvalue weighted by Gasteiger charge is 2.24. The first-order chi connectivity index (χ1) is 6.29. The molecule has 0 saturated heterocycles. The van der Waals surface area contributed by atoms with E-state index >= 15 is 0 Å². The predicted molar refractivity (Wildman–Crippen MR) is 57.2 cm³/mol. The topological polar surface area (TPSA) is 9.23 Å². The van der Waals surface area contributed by atoms with Crippen molar-refractivity contribution in [3.63, 3.8) is 0 Å². The van der Waals surface area contributed by atoms with Gasteiger partial charge in [0.2, 0.25) is 0 Å². The van der Waals surface area contributed by atoms with Gasteiger partial charge >= 0.3 is 0 Å². The first-order valence-corrected chi connectivity index (χ1v) is 5.54. The second kappa shape index (κ2) is 3.70. The molecule has 1 aliphatic rings. The van der Waals surface area contributed by atoms with Crippen molar-refractivity contribution in [2.45, 2.75) is 32.3 Å². The summed E-state index contributed by atoms with van der Waals surface area (Å²) >= 11 is 3.49. The van der Waals surface area contributed by atoms with Crippen LogP contribution in [0.3, 0.4) is 0 Å². The van der Waals surface area contributed by atoms with Crippen LogP contribution >= 0.6 is 15.9 Å². The maximum Gasteiger partial charge on any atom is 0.134 e. The molecule has 0 radical (unpaired) electrons. The monoisotopic (exact) mass is 240 g/mol. The van der Waals surface area contributed by atoms with Crippen LogP contribution < -0.4 is 4.74 Å². The third kappa shape index (κ3) is 2.25. The van der Waals surface area contributed by atoms with E-state index in [-0.39, 0.29) is 0 Å². The lowest BCUT2D eigenvalue weighted by atomic mass is 10.2. The van der Waals surface area contributed by atoms with Crippen molar-refractivity contribution < 1.29 is 4.74 Å². The molecule has 0 bridgehead atoms. The molecular formula is C11H13BrO. The first kappa shape index (κ1) is 9.07. The molecule has 0 aliphatic heterocycles. The van der Waals surface area contributed by atoms with Crippen molar-refractivity contribution in [3.8, 4) is 5.75 Å². The molecule has 0 aromatic heterocycles. The summed E-state index contributed by atoms with van der Waals surface area (Å²) < 4.78 is 6.82. The van der Waals surface area contributed by atoms with E-state index in [0.717, 1.165) is 16.6 Å². The number of halogens is 1. The van der Waals surface area contributed by atoms with Gasteiger partial charge in [-0.25, -0.2) is 0 Å². The summed E-state index contributed by atoms with van der Waals surface area (Å²) in [6, 6.07) is 6.32. The zero-order chi connectivity index (χ0) is 9.26. The molecule has 1 fully saturated rings. The highest BCUT2D eigenvalue weighted by atomic mass is 79.9. The summed E-state index contributed by atoms with van der Waals surface area (Å²) in [6.07, 6.45) is 3.96. The SMILES string of the molecule is CCc1ccc(Br)c(OC2CC2)c1. The summed E-state index contributed by atoms with van der Waals surface area (Å²) in [4.78, 5) is 0. The molecule has 1 aliphatic carbocycles. The van der Waals surface area contributed by atoms with Crippen molar-refractivity contribution in [2.24, 2.45) is 0 Å². The summed E-state index contributed by atoms with van der Waals surface area (Å²) in [6.45, 7) is 2.16. The Labute approximate surface area is 87.2 Å². The molecule has 13 heavy (non-hydrogen) atoms. The maximum absolute atomic E-state index is 5.75. The minimum absolute atomic E-state index is 0.475. The van der Waals surface area contributed by atoms with Gasteiger partial charge < -0.3 is 4.74 Å². The van der Waals surface area contributed by atoms with Gasteiger partial charge in [-0.05, 0) is 52.9 Å². The number of benzene rings is 1. The molecule has 0 N–H and O–H groups in total. The number of rotatable bonds is 3. The Morgan fingerprint density at radius 2 is 2.23 bits per heavy atom. The third-order valence-electron chi connectivity index (χ3n) is 2.22. The lowest BCUT2D eigenvalue weighted by Crippen LogP contribution is -1.97. The third-order valence-corrected chi connectivity index (χ3v) is 2.88. The minimum atomic E-state index is 0.475. The Morgan fingerprint density at radius 1 is 1.46 bits per heavy atom. The van der Waals surface area contributed by atoms with Gasteiger partial charge in [0.15, 0.2) is 0 Å². The highest BCUT2D eigenvalue weighted by Crippen LogP contribution is 2.32. The van der Waals surface area contributed by atoms with E-state index in [0.29, 0.717) is 6.10 Å². The second-order valence-electron chi connectivity index (χ2n) is 3.44. The number of hydrogen-bond acceptors (Lipinski definition) is 1. The predicted octanol–water partition coefficient (Wildman–Crippen LogP) is 3.55. The van der Waals surface area contributed by atoms with E-state index in [2.05, 4.69) is 41.1 Å². The number of aryl methyl sites for hydroxylation is 1. The molecule has 0 unspecified atom stereocenters. The van der Waals surface area contributed by atoms with Crippen molar-refractivity contribution in [2.75, 3.05) is 0 Å². The Morgan fingerprint density at radius 3 is 2.85 bits per heavy atom. The van der Waals surface area contributed by atoms with Crippen molar-refractivity contribution in [1.29, 1.82) is 0 Å². The van der Waals surface area contributed by atoms with E-state index in [9.17, 15) is 0 Å². The average molecular weight is 241 g/mol. The molecule has 0 amide bonds. The van der Waals surface area contributed by atoms with Gasteiger partial charge in [0.05, 0.1) is 10.6 Å². The van der Waals surface area contributed by atoms with Crippen LogP contribution in [0.2, 0.25) is 0 Å². The maximum atomic E-state index is 5.75. The van der Waals surface area contributed by atoms with E-state index < -0.39 is 0 Å². The fourth-order valence-corrected chi connectivity index (χ4v) is 1.56. The minimum Gasteiger partial charge on any atom is -0.489 e. The highest BCUT2D eigenvalue weighted by molar-refractivity contribution is 9.10. The molecule has 2 heteroatoms. The van der Waals surface area contributed by atoms with E-state index in [1.807, 2.05) is 0 Å². The molecule has 1 aromatic rings. The summed E-state index contributed by atoms with van der Waals surface area (Å²) in [5, 5.41) is 0. The van der Waals surface area contributed by atoms with Gasteiger partial charge in [0.1, 0.15) is 5.75 Å². The van der Waals surface area contributed by atoms with Crippen LogP contribution in [0.5, 0.6) is 5.75 Å². The quantitative estimate of drug-likeness (QED) is 0.786. The zero-order valence-electron chi connectivity index (χ0n) is 7.72. The van der Waals surface area contributed by atoms with Crippen LogP contribution in [0, 0.1) is 0 Å². The Bertz CT molecular complexity index is 305. The van der Waals surface area contributed by atoms with Gasteiger partial charge in [0.25, 0.3) is 0 Å². The molecular weight excluding hydrogens is 228 g/mol. The molecule has 0 heterocycles. The van der Waals surface area contributed by atoms with Crippen molar-refractivity contribution in [3.05, 3.63) is 28.2 Å². The molecule has 1 aromatic carbocycles. The van der Waals surface area contributed by atoms with Crippen LogP contribution in [0.1, 0.15) is 25.3 Å². The van der Waals surface area contributed by atoms with Gasteiger partial charge in [-0.3, -0.25) is 0 Å². The standard InChI is InChI=1S/C11H13BrO/c1-2-8-3-6-10(12)11(7-8)13-9-4-5-9/h3,6-7,9H,2,4-5H2,1H3. The van der Waals surface area contributed by atoms with Crippen molar-refractivity contribution in [1.82, 2.24) is 0 Å². The van der Waals surface area contributed by atoms with E-state index in [1.165, 1.54) is 18.4 Å². The molecule has 1 nitrogen and oxygen atoms in total. The summed E-state index contributed by atoms with van der Waals surface area (Å²) in [5.74, 6) is 1.00. The molecule has 1 saturated carbocycles. The summed E-state index contributed by atoms with van der Waals surface area (Å²) in [7, 11) is 0. The number of hydrogen-bond donors (Lipinski definition) is 0. The normalized spacial score (nSPS) is 15.8. The summed E-state index contributed by atoms with van der Waals surface area (Å²) in [5.41, 5.74) is 1.33. The molecule has 70 valence electrons. The first-order valence-electron chi connectivity index (χ1n) is 4.74. The largest absolute Gasteiger partial charge is 0.489 e. The zero-order valence-corrected chi connectivity index (χ0v) is 9.30. The van der Waals surface area contributed by atoms with Crippen LogP contribution in [-0.4, -0.2) is 6.10 Å². The lowest BCUT2D eigenvalue weighted by Gasteiger charge is -2.08. The van der Waals surface area contributed by atoms with Crippen LogP contribution in [0.15, 0.2) is 22.7 Å². The van der Waals surface area contributed by atoms with Gasteiger partial charge in [-0.15, -0.1) is 0 Å². The Hall–Kier alpha value is -0.500. The second-order valence-corrected chi connectivity index (χ2v) is 4.29. The fraction of sp³-hybridized carbons (Fsp3) is 0.455. The fourth-order valence-electron chi connectivity index (χ4n) is 1.22. The lowest BCUT2D eigenvalue weighted by molar-refractivity contribution is 0.301. The van der Waals surface area contributed by atoms with Gasteiger partial charge in [-0.2, -0.15) is 0 Å². The average Bonchev–Trinajstić information content (AvgIpc) is 2.93. The molecule has 0 atom stereocenters. The van der Waals surface area contributed by atoms with Crippen LogP contribution in [-0.2, 0) is 6.42 Å². The molecule has 2 rings (SSSR count). The number of ether oxygens (including phenoxy) is 1. The van der Waals surface area contributed by atoms with E-state index in [1.54, 1.807) is 0 Å². The molecule has 0 spiro atoms. The van der Waals surface area contributed by atoms with Gasteiger partial charge in [0, 0.05) is 0 Å². The van der Waals surface area contributed by atoms with Gasteiger partial charge in [-0.1, -0.05) is 13.0 Å².